The molecule has 3 aromatic carbocycles. The first-order chi connectivity index (χ1) is 17.1. The van der Waals surface area contributed by atoms with Gasteiger partial charge in [-0.2, -0.15) is 0 Å². The molecule has 8 nitrogen and oxygen atoms in total. The van der Waals surface area contributed by atoms with E-state index in [-0.39, 0.29) is 38.5 Å². The number of nitrogens with zero attached hydrogens (tertiary/aromatic N) is 1. The van der Waals surface area contributed by atoms with E-state index in [4.69, 9.17) is 32.7 Å². The molecular formula is C25H24Cl2N2O6S. The number of aryl methyl sites for hydroxylation is 1. The number of methoxy groups -OCH3 is 1. The first kappa shape index (κ1) is 27.3. The summed E-state index contributed by atoms with van der Waals surface area (Å²) in [7, 11) is -2.72. The van der Waals surface area contributed by atoms with Crippen LogP contribution in [0.2, 0.25) is 10.0 Å². The lowest BCUT2D eigenvalue weighted by molar-refractivity contribution is -0.114. The third-order valence-electron chi connectivity index (χ3n) is 5.07. The lowest BCUT2D eigenvalue weighted by atomic mass is 10.2. The van der Waals surface area contributed by atoms with E-state index in [1.165, 1.54) is 55.6 Å². The van der Waals surface area contributed by atoms with Gasteiger partial charge in [-0.05, 0) is 62.4 Å². The number of carbonyl (C=O) groups excluding carboxylic acids is 2. The Morgan fingerprint density at radius 1 is 0.972 bits per heavy atom. The van der Waals surface area contributed by atoms with Crippen LogP contribution in [0.5, 0.6) is 5.75 Å². The van der Waals surface area contributed by atoms with Crippen molar-refractivity contribution in [3.05, 3.63) is 81.8 Å². The molecule has 0 saturated carbocycles. The monoisotopic (exact) mass is 550 g/mol. The second kappa shape index (κ2) is 11.6. The molecule has 0 fully saturated rings. The van der Waals surface area contributed by atoms with Gasteiger partial charge in [-0.25, -0.2) is 13.2 Å². The molecule has 0 unspecified atom stereocenters. The van der Waals surface area contributed by atoms with Gasteiger partial charge in [0.05, 0.1) is 39.9 Å². The summed E-state index contributed by atoms with van der Waals surface area (Å²) >= 11 is 12.3. The zero-order valence-electron chi connectivity index (χ0n) is 19.7. The van der Waals surface area contributed by atoms with Crippen LogP contribution in [0.4, 0.5) is 11.4 Å². The number of halogens is 2. The molecule has 3 aromatic rings. The summed E-state index contributed by atoms with van der Waals surface area (Å²) in [6.07, 6.45) is 0. The van der Waals surface area contributed by atoms with Crippen molar-refractivity contribution in [2.75, 3.05) is 29.9 Å². The van der Waals surface area contributed by atoms with Crippen molar-refractivity contribution in [2.24, 2.45) is 0 Å². The minimum atomic E-state index is -4.15. The summed E-state index contributed by atoms with van der Waals surface area (Å²) in [5.41, 5.74) is 1.36. The molecule has 0 heterocycles. The van der Waals surface area contributed by atoms with Gasteiger partial charge in [0, 0.05) is 5.69 Å². The van der Waals surface area contributed by atoms with Gasteiger partial charge in [0.2, 0.25) is 5.91 Å². The lowest BCUT2D eigenvalue weighted by Gasteiger charge is -2.24. The van der Waals surface area contributed by atoms with Crippen LogP contribution < -0.4 is 14.4 Å². The number of sulfonamides is 1. The first-order valence-corrected chi connectivity index (χ1v) is 13.0. The summed E-state index contributed by atoms with van der Waals surface area (Å²) in [6, 6.07) is 15.0. The van der Waals surface area contributed by atoms with Crippen LogP contribution in [0.1, 0.15) is 22.8 Å². The molecule has 0 spiro atoms. The molecule has 0 bridgehead atoms. The number of carbonyl (C=O) groups is 2. The number of ether oxygens (including phenoxy) is 2. The minimum absolute atomic E-state index is 0.00364. The summed E-state index contributed by atoms with van der Waals surface area (Å²) < 4.78 is 38.2. The number of anilines is 2. The van der Waals surface area contributed by atoms with Crippen LogP contribution in [-0.4, -0.2) is 40.6 Å². The van der Waals surface area contributed by atoms with E-state index in [0.717, 1.165) is 9.87 Å². The van der Waals surface area contributed by atoms with Gasteiger partial charge < -0.3 is 14.8 Å². The Morgan fingerprint density at radius 2 is 1.67 bits per heavy atom. The number of hydrogen-bond donors (Lipinski definition) is 1. The quantitative estimate of drug-likeness (QED) is 0.361. The van der Waals surface area contributed by atoms with Gasteiger partial charge in [-0.1, -0.05) is 40.9 Å². The van der Waals surface area contributed by atoms with Gasteiger partial charge in [0.1, 0.15) is 12.3 Å². The molecule has 190 valence electrons. The Bertz CT molecular complexity index is 1380. The van der Waals surface area contributed by atoms with Gasteiger partial charge in [-0.3, -0.25) is 9.10 Å². The van der Waals surface area contributed by atoms with Crippen molar-refractivity contribution in [2.45, 2.75) is 18.7 Å². The lowest BCUT2D eigenvalue weighted by Crippen LogP contribution is -2.38. The van der Waals surface area contributed by atoms with Crippen LogP contribution in [-0.2, 0) is 19.6 Å². The summed E-state index contributed by atoms with van der Waals surface area (Å²) in [5, 5.41) is 2.94. The summed E-state index contributed by atoms with van der Waals surface area (Å²) in [4.78, 5) is 25.1. The average Bonchev–Trinajstić information content (AvgIpc) is 2.84. The normalized spacial score (nSPS) is 11.0. The van der Waals surface area contributed by atoms with Crippen LogP contribution >= 0.6 is 23.2 Å². The highest BCUT2D eigenvalue weighted by Crippen LogP contribution is 2.32. The molecule has 1 N–H and O–H groups in total. The highest BCUT2D eigenvalue weighted by atomic mass is 35.5. The van der Waals surface area contributed by atoms with E-state index in [9.17, 15) is 18.0 Å². The predicted octanol–water partition coefficient (Wildman–Crippen LogP) is 5.32. The SMILES string of the molecule is CCOC(=O)c1cc(NC(=O)CN(c2ccc(OC)c(Cl)c2)S(=O)(=O)c2ccc(C)cc2)ccc1Cl. The molecule has 0 aromatic heterocycles. The van der Waals surface area contributed by atoms with Crippen LogP contribution in [0.3, 0.4) is 0 Å². The van der Waals surface area contributed by atoms with Gasteiger partial charge >= 0.3 is 5.97 Å². The van der Waals surface area contributed by atoms with Crippen LogP contribution in [0, 0.1) is 6.92 Å². The molecule has 36 heavy (non-hydrogen) atoms. The van der Waals surface area contributed by atoms with Crippen molar-refractivity contribution < 1.29 is 27.5 Å². The van der Waals surface area contributed by atoms with E-state index >= 15 is 0 Å². The maximum absolute atomic E-state index is 13.6. The maximum atomic E-state index is 13.6. The number of nitrogens with one attached hydrogen (secondary N) is 1. The maximum Gasteiger partial charge on any atom is 0.339 e. The van der Waals surface area contributed by atoms with E-state index in [1.54, 1.807) is 19.1 Å². The third-order valence-corrected chi connectivity index (χ3v) is 7.48. The highest BCUT2D eigenvalue weighted by molar-refractivity contribution is 7.92. The number of amides is 1. The number of esters is 1. The standard InChI is InChI=1S/C25H24Cl2N2O6S/c1-4-35-25(31)20-13-17(7-11-21(20)26)28-24(30)15-29(18-8-12-23(34-3)22(27)14-18)36(32,33)19-9-5-16(2)6-10-19/h5-14H,4,15H2,1-3H3,(H,28,30). The van der Waals surface area contributed by atoms with Crippen molar-refractivity contribution in [1.82, 2.24) is 0 Å². The third kappa shape index (κ3) is 6.29. The van der Waals surface area contributed by atoms with Crippen molar-refractivity contribution in [3.63, 3.8) is 0 Å². The number of rotatable bonds is 9. The number of benzene rings is 3. The molecule has 0 aliphatic rings. The minimum Gasteiger partial charge on any atom is -0.495 e. The fourth-order valence-electron chi connectivity index (χ4n) is 3.26. The predicted molar refractivity (Wildman–Crippen MR) is 140 cm³/mol. The van der Waals surface area contributed by atoms with Crippen molar-refractivity contribution in [3.8, 4) is 5.75 Å². The van der Waals surface area contributed by atoms with Crippen LogP contribution in [0.25, 0.3) is 0 Å². The Labute approximate surface area is 219 Å². The molecule has 0 aliphatic heterocycles. The number of hydrogen-bond acceptors (Lipinski definition) is 6. The fraction of sp³-hybridized carbons (Fsp3) is 0.200. The molecule has 0 radical (unpaired) electrons. The van der Waals surface area contributed by atoms with E-state index < -0.39 is 28.4 Å². The van der Waals surface area contributed by atoms with Gasteiger partial charge in [0.25, 0.3) is 10.0 Å². The molecule has 0 saturated heterocycles. The summed E-state index contributed by atoms with van der Waals surface area (Å²) in [6.45, 7) is 3.08. The smallest absolute Gasteiger partial charge is 0.339 e. The fourth-order valence-corrected chi connectivity index (χ4v) is 5.12. The molecular weight excluding hydrogens is 527 g/mol. The average molecular weight is 551 g/mol. The zero-order chi connectivity index (χ0) is 26.5. The Kier molecular flexibility index (Phi) is 8.84. The van der Waals surface area contributed by atoms with Gasteiger partial charge in [0.15, 0.2) is 0 Å². The van der Waals surface area contributed by atoms with Gasteiger partial charge in [-0.15, -0.1) is 0 Å². The van der Waals surface area contributed by atoms with E-state index in [0.29, 0.717) is 5.75 Å². The molecule has 0 aliphatic carbocycles. The largest absolute Gasteiger partial charge is 0.495 e. The molecule has 3 rings (SSSR count). The topological polar surface area (TPSA) is 102 Å². The second-order valence-electron chi connectivity index (χ2n) is 7.61. The highest BCUT2D eigenvalue weighted by Gasteiger charge is 2.28. The Balaban J connectivity index is 1.95. The van der Waals surface area contributed by atoms with E-state index in [1.807, 2.05) is 6.92 Å². The van der Waals surface area contributed by atoms with Crippen molar-refractivity contribution in [1.29, 1.82) is 0 Å². The molecule has 1 amide bonds. The Morgan fingerprint density at radius 3 is 2.28 bits per heavy atom. The molecule has 0 atom stereocenters. The first-order valence-electron chi connectivity index (χ1n) is 10.8. The molecule has 11 heteroatoms. The van der Waals surface area contributed by atoms with Crippen molar-refractivity contribution >= 4 is 56.5 Å². The Hall–Kier alpha value is -3.27. The zero-order valence-corrected chi connectivity index (χ0v) is 22.1. The summed E-state index contributed by atoms with van der Waals surface area (Å²) in [5.74, 6) is -0.949. The second-order valence-corrected chi connectivity index (χ2v) is 10.3. The van der Waals surface area contributed by atoms with E-state index in [2.05, 4.69) is 5.32 Å². The van der Waals surface area contributed by atoms with Crippen LogP contribution in [0.15, 0.2) is 65.6 Å².